The van der Waals surface area contributed by atoms with Crippen molar-refractivity contribution < 1.29 is 13.2 Å². The van der Waals surface area contributed by atoms with Crippen LogP contribution in [0.2, 0.25) is 0 Å². The van der Waals surface area contributed by atoms with Gasteiger partial charge in [0, 0.05) is 26.3 Å². The Balaban J connectivity index is 1.50. The second-order valence-electron chi connectivity index (χ2n) is 6.21. The van der Waals surface area contributed by atoms with Crippen molar-refractivity contribution in [2.24, 2.45) is 11.8 Å². The molecule has 1 saturated carbocycles. The minimum absolute atomic E-state index is 0.450. The predicted molar refractivity (Wildman–Crippen MR) is 80.2 cm³/mol. The zero-order chi connectivity index (χ0) is 14.4. The molecular formula is C14H28N2O3S. The zero-order valence-electron chi connectivity index (χ0n) is 12.5. The summed E-state index contributed by atoms with van der Waals surface area (Å²) in [6, 6.07) is 0. The summed E-state index contributed by atoms with van der Waals surface area (Å²) >= 11 is 0. The van der Waals surface area contributed by atoms with Gasteiger partial charge in [-0.2, -0.15) is 0 Å². The highest BCUT2D eigenvalue weighted by Gasteiger charge is 2.25. The van der Waals surface area contributed by atoms with Crippen LogP contribution in [0.3, 0.4) is 0 Å². The summed E-state index contributed by atoms with van der Waals surface area (Å²) in [5, 5.41) is 3.43. The molecule has 0 spiro atoms. The Kier molecular flexibility index (Phi) is 6.26. The average Bonchev–Trinajstić information content (AvgIpc) is 3.21. The van der Waals surface area contributed by atoms with Gasteiger partial charge in [0.2, 0.25) is 10.0 Å². The number of hydrogen-bond donors (Lipinski definition) is 1. The fourth-order valence-corrected chi connectivity index (χ4v) is 3.58. The van der Waals surface area contributed by atoms with Crippen LogP contribution in [-0.4, -0.2) is 58.4 Å². The maximum absolute atomic E-state index is 11.5. The molecule has 118 valence electrons. The molecule has 5 nitrogen and oxygen atoms in total. The van der Waals surface area contributed by atoms with Crippen molar-refractivity contribution in [3.05, 3.63) is 0 Å². The number of ether oxygens (including phenoxy) is 1. The molecule has 0 bridgehead atoms. The van der Waals surface area contributed by atoms with E-state index in [0.29, 0.717) is 19.0 Å². The zero-order valence-corrected chi connectivity index (χ0v) is 13.3. The van der Waals surface area contributed by atoms with Gasteiger partial charge in [-0.25, -0.2) is 12.7 Å². The topological polar surface area (TPSA) is 58.6 Å². The SMILES string of the molecule is CS(=O)(=O)N1CCCC(CNCCCOCC2CC2)C1. The second kappa shape index (κ2) is 7.73. The molecule has 1 unspecified atom stereocenters. The lowest BCUT2D eigenvalue weighted by molar-refractivity contribution is 0.121. The molecule has 20 heavy (non-hydrogen) atoms. The minimum Gasteiger partial charge on any atom is -0.381 e. The molecule has 0 radical (unpaired) electrons. The van der Waals surface area contributed by atoms with E-state index in [-0.39, 0.29) is 0 Å². The molecule has 2 fully saturated rings. The molecular weight excluding hydrogens is 276 g/mol. The van der Waals surface area contributed by atoms with Gasteiger partial charge in [0.05, 0.1) is 6.26 Å². The van der Waals surface area contributed by atoms with Gasteiger partial charge in [0.25, 0.3) is 0 Å². The fourth-order valence-electron chi connectivity index (χ4n) is 2.63. The number of hydrogen-bond acceptors (Lipinski definition) is 4. The monoisotopic (exact) mass is 304 g/mol. The first-order valence-corrected chi connectivity index (χ1v) is 9.64. The average molecular weight is 304 g/mol. The molecule has 2 aliphatic rings. The van der Waals surface area contributed by atoms with Crippen molar-refractivity contribution in [1.29, 1.82) is 0 Å². The molecule has 0 aromatic rings. The van der Waals surface area contributed by atoms with Gasteiger partial charge in [-0.15, -0.1) is 0 Å². The normalized spacial score (nSPS) is 24.9. The summed E-state index contributed by atoms with van der Waals surface area (Å²) in [6.45, 7) is 5.00. The van der Waals surface area contributed by atoms with Crippen LogP contribution in [0.25, 0.3) is 0 Å². The van der Waals surface area contributed by atoms with Crippen LogP contribution in [0.15, 0.2) is 0 Å². The lowest BCUT2D eigenvalue weighted by atomic mass is 10.00. The molecule has 6 heteroatoms. The van der Waals surface area contributed by atoms with Crippen LogP contribution in [0.5, 0.6) is 0 Å². The summed E-state index contributed by atoms with van der Waals surface area (Å²) in [4.78, 5) is 0. The lowest BCUT2D eigenvalue weighted by Gasteiger charge is -2.31. The van der Waals surface area contributed by atoms with Gasteiger partial charge in [0.15, 0.2) is 0 Å². The van der Waals surface area contributed by atoms with E-state index < -0.39 is 10.0 Å². The molecule has 1 atom stereocenters. The van der Waals surface area contributed by atoms with E-state index in [4.69, 9.17) is 4.74 Å². The van der Waals surface area contributed by atoms with Crippen LogP contribution in [-0.2, 0) is 14.8 Å². The van der Waals surface area contributed by atoms with E-state index in [0.717, 1.165) is 51.5 Å². The van der Waals surface area contributed by atoms with E-state index in [1.54, 1.807) is 4.31 Å². The highest BCUT2D eigenvalue weighted by Crippen LogP contribution is 2.28. The highest BCUT2D eigenvalue weighted by molar-refractivity contribution is 7.88. The maximum Gasteiger partial charge on any atom is 0.211 e. The van der Waals surface area contributed by atoms with Gasteiger partial charge in [-0.05, 0) is 57.0 Å². The molecule has 1 aliphatic carbocycles. The van der Waals surface area contributed by atoms with Crippen molar-refractivity contribution in [2.45, 2.75) is 32.1 Å². The van der Waals surface area contributed by atoms with Crippen LogP contribution < -0.4 is 5.32 Å². The van der Waals surface area contributed by atoms with Crippen molar-refractivity contribution in [3.63, 3.8) is 0 Å². The number of nitrogens with zero attached hydrogens (tertiary/aromatic N) is 1. The van der Waals surface area contributed by atoms with Crippen molar-refractivity contribution >= 4 is 10.0 Å². The van der Waals surface area contributed by atoms with Gasteiger partial charge < -0.3 is 10.1 Å². The molecule has 1 saturated heterocycles. The lowest BCUT2D eigenvalue weighted by Crippen LogP contribution is -2.42. The van der Waals surface area contributed by atoms with Crippen LogP contribution in [0.4, 0.5) is 0 Å². The van der Waals surface area contributed by atoms with Crippen molar-refractivity contribution in [1.82, 2.24) is 9.62 Å². The molecule has 1 heterocycles. The molecule has 0 aromatic carbocycles. The Bertz CT molecular complexity index is 382. The number of sulfonamides is 1. The summed E-state index contributed by atoms with van der Waals surface area (Å²) in [7, 11) is -3.02. The Labute approximate surface area is 123 Å². The third-order valence-electron chi connectivity index (χ3n) is 4.08. The van der Waals surface area contributed by atoms with E-state index in [2.05, 4.69) is 5.32 Å². The van der Waals surface area contributed by atoms with E-state index >= 15 is 0 Å². The molecule has 0 aromatic heterocycles. The second-order valence-corrected chi connectivity index (χ2v) is 8.19. The van der Waals surface area contributed by atoms with Gasteiger partial charge in [-0.1, -0.05) is 0 Å². The van der Waals surface area contributed by atoms with E-state index in [1.165, 1.54) is 19.1 Å². The Morgan fingerprint density at radius 2 is 2.05 bits per heavy atom. The van der Waals surface area contributed by atoms with E-state index in [9.17, 15) is 8.42 Å². The van der Waals surface area contributed by atoms with Gasteiger partial charge in [0.1, 0.15) is 0 Å². The third-order valence-corrected chi connectivity index (χ3v) is 5.35. The summed E-state index contributed by atoms with van der Waals surface area (Å²) in [5.74, 6) is 1.29. The Hall–Kier alpha value is -0.170. The molecule has 2 rings (SSSR count). The third kappa shape index (κ3) is 6.08. The predicted octanol–water partition coefficient (Wildman–Crippen LogP) is 1.06. The molecule has 1 N–H and O–H groups in total. The first kappa shape index (κ1) is 16.2. The smallest absolute Gasteiger partial charge is 0.211 e. The van der Waals surface area contributed by atoms with Gasteiger partial charge in [-0.3, -0.25) is 0 Å². The fraction of sp³-hybridized carbons (Fsp3) is 1.00. The standard InChI is InChI=1S/C14H28N2O3S/c1-20(17,18)16-8-2-4-14(11-16)10-15-7-3-9-19-12-13-5-6-13/h13-15H,2-12H2,1H3. The number of piperidine rings is 1. The molecule has 0 amide bonds. The molecule has 1 aliphatic heterocycles. The summed E-state index contributed by atoms with van der Waals surface area (Å²) in [6.07, 6.45) is 7.13. The van der Waals surface area contributed by atoms with Crippen molar-refractivity contribution in [2.75, 3.05) is 45.6 Å². The highest BCUT2D eigenvalue weighted by atomic mass is 32.2. The van der Waals surface area contributed by atoms with Crippen LogP contribution >= 0.6 is 0 Å². The summed E-state index contributed by atoms with van der Waals surface area (Å²) in [5.41, 5.74) is 0. The summed E-state index contributed by atoms with van der Waals surface area (Å²) < 4.78 is 30.3. The Morgan fingerprint density at radius 3 is 2.75 bits per heavy atom. The minimum atomic E-state index is -3.02. The van der Waals surface area contributed by atoms with Crippen molar-refractivity contribution in [3.8, 4) is 0 Å². The maximum atomic E-state index is 11.5. The quantitative estimate of drug-likeness (QED) is 0.647. The van der Waals surface area contributed by atoms with Crippen LogP contribution in [0.1, 0.15) is 32.1 Å². The number of nitrogens with one attached hydrogen (secondary N) is 1. The first-order valence-electron chi connectivity index (χ1n) is 7.79. The number of rotatable bonds is 9. The van der Waals surface area contributed by atoms with Gasteiger partial charge >= 0.3 is 0 Å². The van der Waals surface area contributed by atoms with E-state index in [1.807, 2.05) is 0 Å². The Morgan fingerprint density at radius 1 is 1.25 bits per heavy atom. The largest absolute Gasteiger partial charge is 0.381 e. The first-order chi connectivity index (χ1) is 9.55. The van der Waals surface area contributed by atoms with Crippen LogP contribution in [0, 0.1) is 11.8 Å².